The van der Waals surface area contributed by atoms with Gasteiger partial charge >= 0.3 is 12.0 Å². The first-order chi connectivity index (χ1) is 9.45. The van der Waals surface area contributed by atoms with Gasteiger partial charge in [0.25, 0.3) is 0 Å². The minimum atomic E-state index is -1.40. The molecule has 7 nitrogen and oxygen atoms in total. The Morgan fingerprint density at radius 3 is 2.60 bits per heavy atom. The Balaban J connectivity index is 2.08. The molecule has 104 valence electrons. The number of carboxylic acids is 1. The third-order valence-corrected chi connectivity index (χ3v) is 2.42. The van der Waals surface area contributed by atoms with Crippen LogP contribution in [0.25, 0.3) is 0 Å². The van der Waals surface area contributed by atoms with Gasteiger partial charge in [0.05, 0.1) is 17.4 Å². The Morgan fingerprint density at radius 1 is 1.30 bits per heavy atom. The molecule has 0 saturated carbocycles. The fourth-order valence-electron chi connectivity index (χ4n) is 1.55. The first-order valence-electron chi connectivity index (χ1n) is 5.55. The molecule has 0 bridgehead atoms. The molecule has 2 rings (SSSR count). The number of rotatable bonds is 3. The molecule has 0 fully saturated rings. The van der Waals surface area contributed by atoms with Gasteiger partial charge in [0, 0.05) is 18.9 Å². The SMILES string of the molecule is Cn1cc(NC(=O)Nc2ccc(F)c(C(=O)O)c2)cn1. The number of hydrogen-bond donors (Lipinski definition) is 3. The highest BCUT2D eigenvalue weighted by atomic mass is 19.1. The number of halogens is 1. The number of amides is 2. The Kier molecular flexibility index (Phi) is 3.65. The maximum absolute atomic E-state index is 13.2. The molecule has 0 unspecified atom stereocenters. The van der Waals surface area contributed by atoms with Crippen molar-refractivity contribution in [3.63, 3.8) is 0 Å². The van der Waals surface area contributed by atoms with E-state index in [9.17, 15) is 14.0 Å². The summed E-state index contributed by atoms with van der Waals surface area (Å²) in [7, 11) is 1.70. The number of aromatic carboxylic acids is 1. The van der Waals surface area contributed by atoms with Crippen LogP contribution in [0, 0.1) is 5.82 Å². The molecule has 20 heavy (non-hydrogen) atoms. The summed E-state index contributed by atoms with van der Waals surface area (Å²) in [6, 6.07) is 2.70. The summed E-state index contributed by atoms with van der Waals surface area (Å²) >= 11 is 0. The van der Waals surface area contributed by atoms with E-state index in [1.54, 1.807) is 13.2 Å². The van der Waals surface area contributed by atoms with Gasteiger partial charge in [0.15, 0.2) is 0 Å². The second-order valence-electron chi connectivity index (χ2n) is 3.98. The van der Waals surface area contributed by atoms with Crippen molar-refractivity contribution in [3.8, 4) is 0 Å². The van der Waals surface area contributed by atoms with E-state index in [0.717, 1.165) is 12.1 Å². The molecule has 0 aliphatic rings. The van der Waals surface area contributed by atoms with Crippen molar-refractivity contribution in [3.05, 3.63) is 42.0 Å². The van der Waals surface area contributed by atoms with Crippen LogP contribution in [0.15, 0.2) is 30.6 Å². The second kappa shape index (κ2) is 5.39. The number of benzene rings is 1. The quantitative estimate of drug-likeness (QED) is 0.798. The van der Waals surface area contributed by atoms with E-state index >= 15 is 0 Å². The van der Waals surface area contributed by atoms with Gasteiger partial charge in [-0.1, -0.05) is 0 Å². The van der Waals surface area contributed by atoms with Crippen molar-refractivity contribution < 1.29 is 19.1 Å². The number of nitrogens with zero attached hydrogens (tertiary/aromatic N) is 2. The van der Waals surface area contributed by atoms with Crippen LogP contribution in [0.3, 0.4) is 0 Å². The standard InChI is InChI=1S/C12H11FN4O3/c1-17-6-8(5-14-17)16-12(20)15-7-2-3-10(13)9(4-7)11(18)19/h2-6H,1H3,(H,18,19)(H2,15,16,20). The van der Waals surface area contributed by atoms with Crippen LogP contribution in [0.4, 0.5) is 20.6 Å². The van der Waals surface area contributed by atoms with Gasteiger partial charge in [0.2, 0.25) is 0 Å². The van der Waals surface area contributed by atoms with Crippen molar-refractivity contribution in [1.82, 2.24) is 9.78 Å². The zero-order valence-electron chi connectivity index (χ0n) is 10.4. The van der Waals surface area contributed by atoms with Gasteiger partial charge in [-0.2, -0.15) is 5.10 Å². The predicted molar refractivity (Wildman–Crippen MR) is 69.2 cm³/mol. The third-order valence-electron chi connectivity index (χ3n) is 2.42. The number of carboxylic acid groups (broad SMARTS) is 1. The van der Waals surface area contributed by atoms with Crippen LogP contribution >= 0.6 is 0 Å². The van der Waals surface area contributed by atoms with Gasteiger partial charge in [-0.05, 0) is 18.2 Å². The molecule has 3 N–H and O–H groups in total. The lowest BCUT2D eigenvalue weighted by Crippen LogP contribution is -2.19. The van der Waals surface area contributed by atoms with Crippen molar-refractivity contribution in [1.29, 1.82) is 0 Å². The van der Waals surface area contributed by atoms with Crippen molar-refractivity contribution in [2.45, 2.75) is 0 Å². The van der Waals surface area contributed by atoms with Gasteiger partial charge in [-0.3, -0.25) is 4.68 Å². The van der Waals surface area contributed by atoms with Crippen molar-refractivity contribution >= 4 is 23.4 Å². The zero-order valence-corrected chi connectivity index (χ0v) is 10.4. The first-order valence-corrected chi connectivity index (χ1v) is 5.55. The van der Waals surface area contributed by atoms with Crippen molar-refractivity contribution in [2.75, 3.05) is 10.6 Å². The van der Waals surface area contributed by atoms with E-state index in [0.29, 0.717) is 5.69 Å². The average molecular weight is 278 g/mol. The summed E-state index contributed by atoms with van der Waals surface area (Å²) in [6.45, 7) is 0. The Hall–Kier alpha value is -2.90. The first kappa shape index (κ1) is 13.5. The summed E-state index contributed by atoms with van der Waals surface area (Å²) < 4.78 is 14.7. The number of carbonyl (C=O) groups excluding carboxylic acids is 1. The predicted octanol–water partition coefficient (Wildman–Crippen LogP) is 1.90. The number of nitrogens with one attached hydrogen (secondary N) is 2. The maximum atomic E-state index is 13.2. The smallest absolute Gasteiger partial charge is 0.338 e. The van der Waals surface area contributed by atoms with Crippen LogP contribution in [0.5, 0.6) is 0 Å². The lowest BCUT2D eigenvalue weighted by atomic mass is 10.2. The molecule has 0 saturated heterocycles. The summed E-state index contributed by atoms with van der Waals surface area (Å²) in [5.41, 5.74) is 0.139. The summed E-state index contributed by atoms with van der Waals surface area (Å²) in [4.78, 5) is 22.4. The molecule has 0 aliphatic carbocycles. The number of aryl methyl sites for hydroxylation is 1. The van der Waals surface area contributed by atoms with E-state index < -0.39 is 23.4 Å². The highest BCUT2D eigenvalue weighted by Gasteiger charge is 2.12. The minimum absolute atomic E-state index is 0.171. The number of aromatic nitrogens is 2. The van der Waals surface area contributed by atoms with Gasteiger partial charge in [-0.15, -0.1) is 0 Å². The van der Waals surface area contributed by atoms with Gasteiger partial charge in [0.1, 0.15) is 5.82 Å². The maximum Gasteiger partial charge on any atom is 0.338 e. The molecular formula is C12H11FN4O3. The van der Waals surface area contributed by atoms with Gasteiger partial charge < -0.3 is 15.7 Å². The van der Waals surface area contributed by atoms with E-state index in [2.05, 4.69) is 15.7 Å². The molecule has 8 heteroatoms. The molecule has 1 heterocycles. The minimum Gasteiger partial charge on any atom is -0.478 e. The van der Waals surface area contributed by atoms with E-state index in [-0.39, 0.29) is 5.69 Å². The Labute approximate surface area is 113 Å². The third kappa shape index (κ3) is 3.10. The number of anilines is 2. The molecule has 1 aromatic carbocycles. The molecular weight excluding hydrogens is 267 g/mol. The molecule has 0 atom stereocenters. The molecule has 2 amide bonds. The molecule has 0 aliphatic heterocycles. The molecule has 0 radical (unpaired) electrons. The number of carbonyl (C=O) groups is 2. The summed E-state index contributed by atoms with van der Waals surface area (Å²) in [6.07, 6.45) is 3.04. The van der Waals surface area contributed by atoms with Crippen LogP contribution in [-0.2, 0) is 7.05 Å². The Morgan fingerprint density at radius 2 is 2.00 bits per heavy atom. The van der Waals surface area contributed by atoms with Crippen LogP contribution in [0.1, 0.15) is 10.4 Å². The Bertz CT molecular complexity index is 668. The van der Waals surface area contributed by atoms with Crippen molar-refractivity contribution in [2.24, 2.45) is 7.05 Å². The number of hydrogen-bond acceptors (Lipinski definition) is 3. The average Bonchev–Trinajstić information content (AvgIpc) is 2.76. The zero-order chi connectivity index (χ0) is 14.7. The van der Waals surface area contributed by atoms with E-state index in [4.69, 9.17) is 5.11 Å². The molecule has 1 aromatic heterocycles. The number of urea groups is 1. The fourth-order valence-corrected chi connectivity index (χ4v) is 1.55. The second-order valence-corrected chi connectivity index (χ2v) is 3.98. The van der Waals surface area contributed by atoms with Crippen LogP contribution < -0.4 is 10.6 Å². The van der Waals surface area contributed by atoms with Crippen LogP contribution in [-0.4, -0.2) is 26.9 Å². The highest BCUT2D eigenvalue weighted by Crippen LogP contribution is 2.15. The van der Waals surface area contributed by atoms with Gasteiger partial charge in [-0.25, -0.2) is 14.0 Å². The van der Waals surface area contributed by atoms with E-state index in [1.165, 1.54) is 16.9 Å². The molecule has 2 aromatic rings. The topological polar surface area (TPSA) is 96.2 Å². The van der Waals surface area contributed by atoms with E-state index in [1.807, 2.05) is 0 Å². The summed E-state index contributed by atoms with van der Waals surface area (Å²) in [5.74, 6) is -2.27. The fraction of sp³-hybridized carbons (Fsp3) is 0.0833. The summed E-state index contributed by atoms with van der Waals surface area (Å²) in [5, 5.41) is 17.6. The van der Waals surface area contributed by atoms with Crippen LogP contribution in [0.2, 0.25) is 0 Å². The lowest BCUT2D eigenvalue weighted by molar-refractivity contribution is 0.0692. The monoisotopic (exact) mass is 278 g/mol. The normalized spacial score (nSPS) is 10.1. The largest absolute Gasteiger partial charge is 0.478 e. The molecule has 0 spiro atoms. The highest BCUT2D eigenvalue weighted by molar-refractivity contribution is 6.00. The lowest BCUT2D eigenvalue weighted by Gasteiger charge is -2.07.